The molecule has 1 heterocycles. The van der Waals surface area contributed by atoms with Crippen molar-refractivity contribution in [1.29, 1.82) is 0 Å². The maximum Gasteiger partial charge on any atom is 0.137 e. The lowest BCUT2D eigenvalue weighted by molar-refractivity contribution is 0.187. The molecule has 0 aliphatic heterocycles. The van der Waals surface area contributed by atoms with Crippen LogP contribution in [-0.4, -0.2) is 5.11 Å². The molecule has 84 valence electrons. The Kier molecular flexibility index (Phi) is 2.99. The lowest BCUT2D eigenvalue weighted by Gasteiger charge is -2.08. The van der Waals surface area contributed by atoms with Crippen LogP contribution < -0.4 is 0 Å². The van der Waals surface area contributed by atoms with Crippen molar-refractivity contribution in [1.82, 2.24) is 0 Å². The molecule has 1 N–H and O–H groups in total. The van der Waals surface area contributed by atoms with Crippen LogP contribution in [0.4, 0.5) is 4.39 Å². The van der Waals surface area contributed by atoms with E-state index in [4.69, 9.17) is 16.0 Å². The van der Waals surface area contributed by atoms with E-state index in [-0.39, 0.29) is 5.02 Å². The molecule has 2 rings (SSSR count). The summed E-state index contributed by atoms with van der Waals surface area (Å²) in [5.41, 5.74) is 0.374. The van der Waals surface area contributed by atoms with Gasteiger partial charge in [-0.3, -0.25) is 0 Å². The van der Waals surface area contributed by atoms with Crippen molar-refractivity contribution in [3.8, 4) is 0 Å². The summed E-state index contributed by atoms with van der Waals surface area (Å²) < 4.78 is 18.3. The predicted molar refractivity (Wildman–Crippen MR) is 58.9 cm³/mol. The average Bonchev–Trinajstić information content (AvgIpc) is 2.62. The van der Waals surface area contributed by atoms with Crippen LogP contribution in [0.5, 0.6) is 0 Å². The normalized spacial score (nSPS) is 12.8. The quantitative estimate of drug-likeness (QED) is 0.872. The number of aryl methyl sites for hydroxylation is 1. The highest BCUT2D eigenvalue weighted by Crippen LogP contribution is 2.26. The van der Waals surface area contributed by atoms with E-state index in [1.807, 2.05) is 0 Å². The highest BCUT2D eigenvalue weighted by molar-refractivity contribution is 6.30. The summed E-state index contributed by atoms with van der Waals surface area (Å²) in [6, 6.07) is 7.31. The Morgan fingerprint density at radius 3 is 2.62 bits per heavy atom. The Bertz CT molecular complexity index is 487. The Balaban J connectivity index is 2.37. The zero-order valence-electron chi connectivity index (χ0n) is 8.58. The molecule has 0 unspecified atom stereocenters. The summed E-state index contributed by atoms with van der Waals surface area (Å²) >= 11 is 5.71. The molecule has 0 aliphatic rings. The van der Waals surface area contributed by atoms with E-state index in [0.717, 1.165) is 0 Å². The minimum Gasteiger partial charge on any atom is -0.463 e. The molecule has 2 nitrogen and oxygen atoms in total. The molecule has 0 fully saturated rings. The highest BCUT2D eigenvalue weighted by atomic mass is 35.5. The molecule has 1 aromatic carbocycles. The molecule has 0 saturated heterocycles. The van der Waals surface area contributed by atoms with Crippen molar-refractivity contribution in [2.45, 2.75) is 13.0 Å². The summed E-state index contributed by atoms with van der Waals surface area (Å²) in [4.78, 5) is 0. The monoisotopic (exact) mass is 240 g/mol. The van der Waals surface area contributed by atoms with E-state index in [1.165, 1.54) is 18.2 Å². The van der Waals surface area contributed by atoms with E-state index < -0.39 is 11.9 Å². The first-order valence-corrected chi connectivity index (χ1v) is 5.14. The SMILES string of the molecule is Cc1ccc([C@H](O)c2cc(F)cc(Cl)c2)o1. The van der Waals surface area contributed by atoms with Crippen LogP contribution in [0.25, 0.3) is 0 Å². The van der Waals surface area contributed by atoms with Gasteiger partial charge >= 0.3 is 0 Å². The molecule has 16 heavy (non-hydrogen) atoms. The van der Waals surface area contributed by atoms with Crippen molar-refractivity contribution in [2.24, 2.45) is 0 Å². The number of rotatable bonds is 2. The molecular weight excluding hydrogens is 231 g/mol. The standard InChI is InChI=1S/C12H10ClFO2/c1-7-2-3-11(16-7)12(15)8-4-9(13)6-10(14)5-8/h2-6,12,15H,1H3/t12-/m1/s1. The molecule has 0 aliphatic carbocycles. The van der Waals surface area contributed by atoms with Gasteiger partial charge in [0.2, 0.25) is 0 Å². The fraction of sp³-hybridized carbons (Fsp3) is 0.167. The summed E-state index contributed by atoms with van der Waals surface area (Å²) in [6.45, 7) is 1.77. The lowest BCUT2D eigenvalue weighted by Crippen LogP contribution is -1.98. The minimum atomic E-state index is -0.998. The van der Waals surface area contributed by atoms with Gasteiger partial charge in [-0.25, -0.2) is 4.39 Å². The predicted octanol–water partition coefficient (Wildman–Crippen LogP) is 3.46. The van der Waals surface area contributed by atoms with Gasteiger partial charge < -0.3 is 9.52 Å². The van der Waals surface area contributed by atoms with Crippen LogP contribution in [0.1, 0.15) is 23.2 Å². The minimum absolute atomic E-state index is 0.248. The van der Waals surface area contributed by atoms with Crippen molar-refractivity contribution in [3.05, 3.63) is 58.3 Å². The third-order valence-electron chi connectivity index (χ3n) is 2.23. The van der Waals surface area contributed by atoms with E-state index in [9.17, 15) is 9.50 Å². The second kappa shape index (κ2) is 4.28. The Hall–Kier alpha value is -1.32. The number of hydrogen-bond acceptors (Lipinski definition) is 2. The fourth-order valence-electron chi connectivity index (χ4n) is 1.50. The summed E-state index contributed by atoms with van der Waals surface area (Å²) in [5.74, 6) is 0.584. The third-order valence-corrected chi connectivity index (χ3v) is 2.45. The van der Waals surface area contributed by atoms with E-state index in [0.29, 0.717) is 17.1 Å². The first kappa shape index (κ1) is 11.2. The zero-order chi connectivity index (χ0) is 11.7. The van der Waals surface area contributed by atoms with Crippen molar-refractivity contribution in [3.63, 3.8) is 0 Å². The molecule has 1 aromatic heterocycles. The maximum atomic E-state index is 13.1. The van der Waals surface area contributed by atoms with Gasteiger partial charge in [-0.2, -0.15) is 0 Å². The molecule has 0 bridgehead atoms. The second-order valence-electron chi connectivity index (χ2n) is 3.55. The molecule has 0 radical (unpaired) electrons. The number of aliphatic hydroxyl groups is 1. The molecule has 0 saturated carbocycles. The smallest absolute Gasteiger partial charge is 0.137 e. The first-order valence-electron chi connectivity index (χ1n) is 4.76. The second-order valence-corrected chi connectivity index (χ2v) is 3.99. The Morgan fingerprint density at radius 1 is 1.31 bits per heavy atom. The van der Waals surface area contributed by atoms with Gasteiger partial charge in [0.15, 0.2) is 0 Å². The summed E-state index contributed by atoms with van der Waals surface area (Å²) in [6.07, 6.45) is -0.998. The molecule has 1 atom stereocenters. The third kappa shape index (κ3) is 2.26. The van der Waals surface area contributed by atoms with Gasteiger partial charge in [-0.15, -0.1) is 0 Å². The molecule has 2 aromatic rings. The largest absolute Gasteiger partial charge is 0.463 e. The molecule has 0 amide bonds. The van der Waals surface area contributed by atoms with E-state index in [1.54, 1.807) is 19.1 Å². The van der Waals surface area contributed by atoms with Gasteiger partial charge in [0.05, 0.1) is 0 Å². The Labute approximate surface area is 97.3 Å². The first-order chi connectivity index (χ1) is 7.56. The molecule has 4 heteroatoms. The van der Waals surface area contributed by atoms with Crippen LogP contribution in [-0.2, 0) is 0 Å². The van der Waals surface area contributed by atoms with E-state index in [2.05, 4.69) is 0 Å². The zero-order valence-corrected chi connectivity index (χ0v) is 9.33. The van der Waals surface area contributed by atoms with Crippen LogP contribution in [0.3, 0.4) is 0 Å². The number of halogens is 2. The van der Waals surface area contributed by atoms with Crippen LogP contribution in [0, 0.1) is 12.7 Å². The number of furan rings is 1. The van der Waals surface area contributed by atoms with Crippen molar-refractivity contribution in [2.75, 3.05) is 0 Å². The summed E-state index contributed by atoms with van der Waals surface area (Å²) in [5, 5.41) is 10.2. The average molecular weight is 241 g/mol. The molecule has 0 spiro atoms. The number of hydrogen-bond donors (Lipinski definition) is 1. The van der Waals surface area contributed by atoms with Gasteiger partial charge in [-0.05, 0) is 42.8 Å². The Morgan fingerprint density at radius 2 is 2.06 bits per heavy atom. The van der Waals surface area contributed by atoms with Gasteiger partial charge in [0.1, 0.15) is 23.4 Å². The van der Waals surface area contributed by atoms with Crippen LogP contribution in [0.15, 0.2) is 34.7 Å². The molecular formula is C12H10ClFO2. The number of aliphatic hydroxyl groups excluding tert-OH is 1. The maximum absolute atomic E-state index is 13.1. The fourth-order valence-corrected chi connectivity index (χ4v) is 1.73. The van der Waals surface area contributed by atoms with Crippen molar-refractivity contribution >= 4 is 11.6 Å². The highest BCUT2D eigenvalue weighted by Gasteiger charge is 2.15. The lowest BCUT2D eigenvalue weighted by atomic mass is 10.1. The van der Waals surface area contributed by atoms with Gasteiger partial charge in [0, 0.05) is 5.02 Å². The van der Waals surface area contributed by atoms with E-state index >= 15 is 0 Å². The van der Waals surface area contributed by atoms with Crippen LogP contribution >= 0.6 is 11.6 Å². The van der Waals surface area contributed by atoms with Gasteiger partial charge in [0.25, 0.3) is 0 Å². The number of benzene rings is 1. The summed E-state index contributed by atoms with van der Waals surface area (Å²) in [7, 11) is 0. The van der Waals surface area contributed by atoms with Gasteiger partial charge in [-0.1, -0.05) is 11.6 Å². The van der Waals surface area contributed by atoms with Crippen LogP contribution in [0.2, 0.25) is 5.02 Å². The van der Waals surface area contributed by atoms with Crippen molar-refractivity contribution < 1.29 is 13.9 Å². The topological polar surface area (TPSA) is 33.4 Å².